The number of carbonyl (C=O) groups excluding carboxylic acids is 1. The maximum Gasteiger partial charge on any atom is 0.254 e. The Balaban J connectivity index is 1.78. The molecule has 2 heterocycles. The minimum Gasteiger partial charge on any atom is -0.335 e. The number of sulfonamides is 1. The second kappa shape index (κ2) is 6.00. The summed E-state index contributed by atoms with van der Waals surface area (Å²) in [6.45, 7) is 0.360. The van der Waals surface area contributed by atoms with Gasteiger partial charge in [-0.3, -0.25) is 4.79 Å². The molecule has 0 saturated heterocycles. The van der Waals surface area contributed by atoms with Crippen LogP contribution < -0.4 is 5.14 Å². The topological polar surface area (TPSA) is 93.4 Å². The van der Waals surface area contributed by atoms with Gasteiger partial charge in [-0.05, 0) is 18.2 Å². The van der Waals surface area contributed by atoms with Gasteiger partial charge in [-0.2, -0.15) is 0 Å². The van der Waals surface area contributed by atoms with Gasteiger partial charge < -0.3 is 4.90 Å². The molecule has 0 bridgehead atoms. The molecule has 0 saturated carbocycles. The first-order valence-electron chi connectivity index (χ1n) is 6.56. The molecule has 3 rings (SSSR count). The highest BCUT2D eigenvalue weighted by Gasteiger charge is 2.19. The molecule has 23 heavy (non-hydrogen) atoms. The third-order valence-electron chi connectivity index (χ3n) is 3.16. The lowest BCUT2D eigenvalue weighted by Crippen LogP contribution is -2.25. The van der Waals surface area contributed by atoms with E-state index in [1.807, 2.05) is 24.3 Å². The molecule has 0 unspecified atom stereocenters. The fourth-order valence-electron chi connectivity index (χ4n) is 2.06. The van der Waals surface area contributed by atoms with Crippen molar-refractivity contribution in [2.24, 2.45) is 5.14 Å². The molecule has 0 aliphatic rings. The number of para-hydroxylation sites is 1. The predicted molar refractivity (Wildman–Crippen MR) is 91.1 cm³/mol. The number of primary sulfonamides is 1. The van der Waals surface area contributed by atoms with Crippen LogP contribution in [0.4, 0.5) is 0 Å². The summed E-state index contributed by atoms with van der Waals surface area (Å²) in [4.78, 5) is 18.4. The average molecular weight is 367 g/mol. The number of hydrogen-bond acceptors (Lipinski definition) is 6. The summed E-state index contributed by atoms with van der Waals surface area (Å²) in [6.07, 6.45) is 0. The van der Waals surface area contributed by atoms with Gasteiger partial charge in [-0.1, -0.05) is 12.1 Å². The van der Waals surface area contributed by atoms with Crippen molar-refractivity contribution in [1.82, 2.24) is 9.88 Å². The number of carbonyl (C=O) groups is 1. The van der Waals surface area contributed by atoms with Crippen LogP contribution in [-0.4, -0.2) is 31.3 Å². The first-order chi connectivity index (χ1) is 10.8. The first kappa shape index (κ1) is 16.1. The minimum atomic E-state index is -3.78. The fraction of sp³-hybridized carbons (Fsp3) is 0.143. The number of nitrogens with two attached hydrogens (primary N) is 1. The second-order valence-corrected chi connectivity index (χ2v) is 8.75. The number of fused-ring (bicyclic) bond motifs is 1. The zero-order valence-electron chi connectivity index (χ0n) is 12.1. The Morgan fingerprint density at radius 3 is 2.74 bits per heavy atom. The second-order valence-electron chi connectivity index (χ2n) is 4.94. The third-order valence-corrected chi connectivity index (χ3v) is 6.57. The van der Waals surface area contributed by atoms with E-state index in [1.165, 1.54) is 27.7 Å². The Labute approximate surface area is 141 Å². The lowest BCUT2D eigenvalue weighted by molar-refractivity contribution is 0.0785. The molecule has 0 spiro atoms. The molecule has 1 amide bonds. The Bertz CT molecular complexity index is 942. The Morgan fingerprint density at radius 2 is 2.09 bits per heavy atom. The predicted octanol–water partition coefficient (Wildman–Crippen LogP) is 2.28. The number of rotatable bonds is 4. The molecule has 120 valence electrons. The molecule has 3 aromatic rings. The molecule has 0 aliphatic heterocycles. The van der Waals surface area contributed by atoms with Crippen molar-refractivity contribution >= 4 is 48.8 Å². The normalized spacial score (nSPS) is 11.7. The molecule has 0 fully saturated rings. The minimum absolute atomic E-state index is 0.0192. The van der Waals surface area contributed by atoms with Gasteiger partial charge in [-0.25, -0.2) is 18.5 Å². The SMILES string of the molecule is CN(Cc1nc2ccccc2s1)C(=O)c1csc(S(N)(=O)=O)c1. The van der Waals surface area contributed by atoms with Gasteiger partial charge in [0.05, 0.1) is 22.3 Å². The third kappa shape index (κ3) is 3.42. The highest BCUT2D eigenvalue weighted by atomic mass is 32.2. The Morgan fingerprint density at radius 1 is 1.35 bits per heavy atom. The number of aromatic nitrogens is 1. The summed E-state index contributed by atoms with van der Waals surface area (Å²) in [5.74, 6) is -0.268. The van der Waals surface area contributed by atoms with E-state index in [4.69, 9.17) is 5.14 Å². The van der Waals surface area contributed by atoms with Gasteiger partial charge >= 0.3 is 0 Å². The maximum absolute atomic E-state index is 12.4. The summed E-state index contributed by atoms with van der Waals surface area (Å²) < 4.78 is 23.6. The van der Waals surface area contributed by atoms with Crippen molar-refractivity contribution in [1.29, 1.82) is 0 Å². The van der Waals surface area contributed by atoms with Crippen LogP contribution in [0.15, 0.2) is 39.9 Å². The van der Waals surface area contributed by atoms with E-state index < -0.39 is 10.0 Å². The Kier molecular flexibility index (Phi) is 4.19. The zero-order valence-corrected chi connectivity index (χ0v) is 14.5. The zero-order chi connectivity index (χ0) is 16.6. The van der Waals surface area contributed by atoms with Gasteiger partial charge in [-0.15, -0.1) is 22.7 Å². The van der Waals surface area contributed by atoms with Crippen LogP contribution in [0.1, 0.15) is 15.4 Å². The molecule has 9 heteroatoms. The number of nitrogens with zero attached hydrogens (tertiary/aromatic N) is 2. The molecule has 0 aliphatic carbocycles. The maximum atomic E-state index is 12.4. The van der Waals surface area contributed by atoms with Gasteiger partial charge in [0.25, 0.3) is 5.91 Å². The molecule has 6 nitrogen and oxygen atoms in total. The van der Waals surface area contributed by atoms with Gasteiger partial charge in [0.2, 0.25) is 10.0 Å². The van der Waals surface area contributed by atoms with Crippen LogP contribution in [0.5, 0.6) is 0 Å². The highest BCUT2D eigenvalue weighted by Crippen LogP contribution is 2.24. The summed E-state index contributed by atoms with van der Waals surface area (Å²) in [5, 5.41) is 7.38. The largest absolute Gasteiger partial charge is 0.335 e. The van der Waals surface area contributed by atoms with E-state index >= 15 is 0 Å². The standard InChI is InChI=1S/C14H13N3O3S3/c1-17(7-12-16-10-4-2-3-5-11(10)22-12)14(18)9-6-13(21-8-9)23(15,19)20/h2-6,8H,7H2,1H3,(H2,15,19,20). The fourth-order valence-corrected chi connectivity index (χ4v) is 4.66. The number of benzene rings is 1. The van der Waals surface area contributed by atoms with Gasteiger partial charge in [0.1, 0.15) is 9.22 Å². The van der Waals surface area contributed by atoms with E-state index in [-0.39, 0.29) is 10.1 Å². The van der Waals surface area contributed by atoms with E-state index in [0.717, 1.165) is 26.6 Å². The van der Waals surface area contributed by atoms with Crippen molar-refractivity contribution in [3.8, 4) is 0 Å². The molecule has 2 aromatic heterocycles. The van der Waals surface area contributed by atoms with Crippen molar-refractivity contribution < 1.29 is 13.2 Å². The molecular weight excluding hydrogens is 354 g/mol. The quantitative estimate of drug-likeness (QED) is 0.765. The van der Waals surface area contributed by atoms with Crippen molar-refractivity contribution in [2.75, 3.05) is 7.05 Å². The van der Waals surface area contributed by atoms with Gasteiger partial charge in [0.15, 0.2) is 0 Å². The number of hydrogen-bond donors (Lipinski definition) is 1. The van der Waals surface area contributed by atoms with Crippen LogP contribution in [0.2, 0.25) is 0 Å². The highest BCUT2D eigenvalue weighted by molar-refractivity contribution is 7.91. The first-order valence-corrected chi connectivity index (χ1v) is 9.80. The number of amides is 1. The van der Waals surface area contributed by atoms with E-state index in [9.17, 15) is 13.2 Å². The smallest absolute Gasteiger partial charge is 0.254 e. The van der Waals surface area contributed by atoms with Gasteiger partial charge in [0, 0.05) is 12.4 Å². The van der Waals surface area contributed by atoms with Crippen molar-refractivity contribution in [3.63, 3.8) is 0 Å². The average Bonchev–Trinajstić information content (AvgIpc) is 3.12. The van der Waals surface area contributed by atoms with E-state index in [2.05, 4.69) is 4.98 Å². The summed E-state index contributed by atoms with van der Waals surface area (Å²) in [7, 11) is -2.12. The van der Waals surface area contributed by atoms with E-state index in [1.54, 1.807) is 7.05 Å². The number of thiazole rings is 1. The monoisotopic (exact) mass is 367 g/mol. The summed E-state index contributed by atoms with van der Waals surface area (Å²) >= 11 is 2.47. The van der Waals surface area contributed by atoms with Crippen LogP contribution in [-0.2, 0) is 16.6 Å². The van der Waals surface area contributed by atoms with Crippen molar-refractivity contribution in [3.05, 3.63) is 46.3 Å². The van der Waals surface area contributed by atoms with Crippen LogP contribution in [0.3, 0.4) is 0 Å². The summed E-state index contributed by atoms with van der Waals surface area (Å²) in [5.41, 5.74) is 1.21. The molecule has 2 N–H and O–H groups in total. The molecule has 0 radical (unpaired) electrons. The van der Waals surface area contributed by atoms with Crippen LogP contribution in [0, 0.1) is 0 Å². The summed E-state index contributed by atoms with van der Waals surface area (Å²) in [6, 6.07) is 9.07. The lowest BCUT2D eigenvalue weighted by Gasteiger charge is -2.14. The van der Waals surface area contributed by atoms with Crippen LogP contribution >= 0.6 is 22.7 Å². The Hall–Kier alpha value is -1.81. The molecule has 0 atom stereocenters. The van der Waals surface area contributed by atoms with Crippen molar-refractivity contribution in [2.45, 2.75) is 10.8 Å². The molecule has 1 aromatic carbocycles. The number of thiophene rings is 1. The molecular formula is C14H13N3O3S3. The van der Waals surface area contributed by atoms with Crippen LogP contribution in [0.25, 0.3) is 10.2 Å². The van der Waals surface area contributed by atoms with E-state index in [0.29, 0.717) is 12.1 Å². The lowest BCUT2D eigenvalue weighted by atomic mass is 10.3.